The van der Waals surface area contributed by atoms with Crippen molar-refractivity contribution in [1.29, 1.82) is 0 Å². The molecular formula is C25H24FN3O. The van der Waals surface area contributed by atoms with Crippen LogP contribution in [0.3, 0.4) is 0 Å². The van der Waals surface area contributed by atoms with Crippen LogP contribution in [0.2, 0.25) is 0 Å². The second-order valence-corrected chi connectivity index (χ2v) is 7.68. The quantitative estimate of drug-likeness (QED) is 0.516. The molecule has 0 radical (unpaired) electrons. The van der Waals surface area contributed by atoms with Gasteiger partial charge in [-0.1, -0.05) is 30.3 Å². The summed E-state index contributed by atoms with van der Waals surface area (Å²) in [5.74, 6) is -0.496. The van der Waals surface area contributed by atoms with Gasteiger partial charge in [-0.2, -0.15) is 0 Å². The van der Waals surface area contributed by atoms with Gasteiger partial charge in [0.25, 0.3) is 0 Å². The standard InChI is InChI=1S/C25H24FN3O/c1-16-10-11-29-22(14-24(30)27-15-20-6-4-5-7-21(20)26)25(28-23(29)12-16)19-9-8-17(2)18(3)13-19/h4-13H,14-15H2,1-3H3,(H,27,30). The lowest BCUT2D eigenvalue weighted by Gasteiger charge is -2.09. The molecule has 0 unspecified atom stereocenters. The maximum atomic E-state index is 13.9. The molecule has 2 heterocycles. The minimum absolute atomic E-state index is 0.153. The molecule has 4 aromatic rings. The number of fused-ring (bicyclic) bond motifs is 1. The van der Waals surface area contributed by atoms with Crippen molar-refractivity contribution in [1.82, 2.24) is 14.7 Å². The van der Waals surface area contributed by atoms with Crippen molar-refractivity contribution in [2.75, 3.05) is 0 Å². The molecule has 30 heavy (non-hydrogen) atoms. The van der Waals surface area contributed by atoms with Gasteiger partial charge >= 0.3 is 0 Å². The number of aromatic nitrogens is 2. The van der Waals surface area contributed by atoms with E-state index in [9.17, 15) is 9.18 Å². The molecule has 1 amide bonds. The van der Waals surface area contributed by atoms with Crippen LogP contribution in [0.4, 0.5) is 4.39 Å². The average Bonchev–Trinajstić information content (AvgIpc) is 3.06. The number of carbonyl (C=O) groups excluding carboxylic acids is 1. The number of hydrogen-bond acceptors (Lipinski definition) is 2. The number of nitrogens with zero attached hydrogens (tertiary/aromatic N) is 2. The molecule has 0 spiro atoms. The second-order valence-electron chi connectivity index (χ2n) is 7.68. The maximum absolute atomic E-state index is 13.9. The first kappa shape index (κ1) is 19.8. The first-order chi connectivity index (χ1) is 14.4. The van der Waals surface area contributed by atoms with Crippen LogP contribution in [-0.2, 0) is 17.8 Å². The van der Waals surface area contributed by atoms with E-state index in [4.69, 9.17) is 4.98 Å². The fourth-order valence-corrected chi connectivity index (χ4v) is 3.54. The molecule has 0 saturated heterocycles. The molecular weight excluding hydrogens is 377 g/mol. The van der Waals surface area contributed by atoms with Gasteiger partial charge in [-0.25, -0.2) is 9.37 Å². The first-order valence-electron chi connectivity index (χ1n) is 9.97. The lowest BCUT2D eigenvalue weighted by molar-refractivity contribution is -0.120. The molecule has 152 valence electrons. The van der Waals surface area contributed by atoms with E-state index >= 15 is 0 Å². The summed E-state index contributed by atoms with van der Waals surface area (Å²) in [6.07, 6.45) is 2.10. The molecule has 1 N–H and O–H groups in total. The summed E-state index contributed by atoms with van der Waals surface area (Å²) in [5, 5.41) is 2.83. The monoisotopic (exact) mass is 401 g/mol. The lowest BCUT2D eigenvalue weighted by atomic mass is 10.0. The van der Waals surface area contributed by atoms with Crippen LogP contribution in [-0.4, -0.2) is 15.3 Å². The largest absolute Gasteiger partial charge is 0.352 e. The number of hydrogen-bond donors (Lipinski definition) is 1. The zero-order valence-electron chi connectivity index (χ0n) is 17.4. The Hall–Kier alpha value is -3.47. The molecule has 0 saturated carbocycles. The summed E-state index contributed by atoms with van der Waals surface area (Å²) in [5.41, 5.74) is 7.36. The Balaban J connectivity index is 1.67. The van der Waals surface area contributed by atoms with Crippen molar-refractivity contribution in [3.8, 4) is 11.3 Å². The Morgan fingerprint density at radius 3 is 2.60 bits per heavy atom. The van der Waals surface area contributed by atoms with Crippen molar-refractivity contribution in [3.05, 3.63) is 94.6 Å². The van der Waals surface area contributed by atoms with Gasteiger partial charge in [0.05, 0.1) is 17.8 Å². The van der Waals surface area contributed by atoms with Gasteiger partial charge in [-0.3, -0.25) is 4.79 Å². The van der Waals surface area contributed by atoms with Crippen LogP contribution < -0.4 is 5.32 Å². The Bertz CT molecular complexity index is 1240. The van der Waals surface area contributed by atoms with Crippen LogP contribution in [0.15, 0.2) is 60.8 Å². The zero-order chi connectivity index (χ0) is 21.3. The van der Waals surface area contributed by atoms with Gasteiger partial charge in [0.15, 0.2) is 0 Å². The molecule has 0 aliphatic heterocycles. The second kappa shape index (κ2) is 8.11. The van der Waals surface area contributed by atoms with Crippen LogP contribution in [0.5, 0.6) is 0 Å². The number of pyridine rings is 1. The number of amides is 1. The van der Waals surface area contributed by atoms with E-state index in [1.807, 2.05) is 35.7 Å². The van der Waals surface area contributed by atoms with E-state index in [0.717, 1.165) is 28.2 Å². The van der Waals surface area contributed by atoms with Crippen molar-refractivity contribution >= 4 is 11.6 Å². The normalized spacial score (nSPS) is 11.1. The van der Waals surface area contributed by atoms with E-state index in [1.54, 1.807) is 18.2 Å². The molecule has 0 fully saturated rings. The molecule has 2 aromatic carbocycles. The smallest absolute Gasteiger partial charge is 0.226 e. The van der Waals surface area contributed by atoms with Crippen molar-refractivity contribution < 1.29 is 9.18 Å². The number of benzene rings is 2. The topological polar surface area (TPSA) is 46.4 Å². The molecule has 0 bridgehead atoms. The average molecular weight is 401 g/mol. The summed E-state index contributed by atoms with van der Waals surface area (Å²) >= 11 is 0. The third-order valence-electron chi connectivity index (χ3n) is 5.42. The number of halogens is 1. The van der Waals surface area contributed by atoms with E-state index < -0.39 is 0 Å². The number of carbonyl (C=O) groups is 1. The molecule has 0 aliphatic carbocycles. The van der Waals surface area contributed by atoms with Gasteiger partial charge in [-0.15, -0.1) is 0 Å². The maximum Gasteiger partial charge on any atom is 0.226 e. The third kappa shape index (κ3) is 3.96. The molecule has 5 heteroatoms. The van der Waals surface area contributed by atoms with Crippen molar-refractivity contribution in [2.24, 2.45) is 0 Å². The van der Waals surface area contributed by atoms with Gasteiger partial charge < -0.3 is 9.72 Å². The Morgan fingerprint density at radius 2 is 1.83 bits per heavy atom. The van der Waals surface area contributed by atoms with E-state index in [1.165, 1.54) is 17.2 Å². The third-order valence-corrected chi connectivity index (χ3v) is 5.42. The predicted octanol–water partition coefficient (Wildman–Crippen LogP) is 4.92. The predicted molar refractivity (Wildman–Crippen MR) is 117 cm³/mol. The Kier molecular flexibility index (Phi) is 5.36. The van der Waals surface area contributed by atoms with E-state index in [-0.39, 0.29) is 24.7 Å². The van der Waals surface area contributed by atoms with Crippen molar-refractivity contribution in [2.45, 2.75) is 33.7 Å². The SMILES string of the molecule is Cc1ccn2c(CC(=O)NCc3ccccc3F)c(-c3ccc(C)c(C)c3)nc2c1. The van der Waals surface area contributed by atoms with E-state index in [2.05, 4.69) is 31.3 Å². The molecule has 4 nitrogen and oxygen atoms in total. The minimum atomic E-state index is -0.320. The number of nitrogens with one attached hydrogen (secondary N) is 1. The van der Waals surface area contributed by atoms with Crippen LogP contribution >= 0.6 is 0 Å². The highest BCUT2D eigenvalue weighted by Crippen LogP contribution is 2.27. The van der Waals surface area contributed by atoms with Crippen LogP contribution in [0.25, 0.3) is 16.9 Å². The van der Waals surface area contributed by atoms with E-state index in [0.29, 0.717) is 5.56 Å². The van der Waals surface area contributed by atoms with Gasteiger partial charge in [0.2, 0.25) is 5.91 Å². The highest BCUT2D eigenvalue weighted by molar-refractivity contribution is 5.81. The summed E-state index contributed by atoms with van der Waals surface area (Å²) < 4.78 is 15.8. The highest BCUT2D eigenvalue weighted by Gasteiger charge is 2.18. The Morgan fingerprint density at radius 1 is 1.03 bits per heavy atom. The zero-order valence-corrected chi connectivity index (χ0v) is 17.4. The van der Waals surface area contributed by atoms with Crippen molar-refractivity contribution in [3.63, 3.8) is 0 Å². The Labute approximate surface area is 175 Å². The van der Waals surface area contributed by atoms with Gasteiger partial charge in [-0.05, 0) is 61.7 Å². The van der Waals surface area contributed by atoms with Crippen LogP contribution in [0.1, 0.15) is 27.9 Å². The fourth-order valence-electron chi connectivity index (χ4n) is 3.54. The summed E-state index contributed by atoms with van der Waals surface area (Å²) in [4.78, 5) is 17.6. The molecule has 0 aliphatic rings. The summed E-state index contributed by atoms with van der Waals surface area (Å²) in [6, 6.07) is 16.7. The number of imidazole rings is 1. The number of aryl methyl sites for hydroxylation is 3. The molecule has 0 atom stereocenters. The summed E-state index contributed by atoms with van der Waals surface area (Å²) in [6.45, 7) is 6.31. The first-order valence-corrected chi connectivity index (χ1v) is 9.97. The highest BCUT2D eigenvalue weighted by atomic mass is 19.1. The molecule has 2 aromatic heterocycles. The lowest BCUT2D eigenvalue weighted by Crippen LogP contribution is -2.25. The summed E-state index contributed by atoms with van der Waals surface area (Å²) in [7, 11) is 0. The molecule has 4 rings (SSSR count). The van der Waals surface area contributed by atoms with Gasteiger partial charge in [0, 0.05) is 23.9 Å². The number of rotatable bonds is 5. The fraction of sp³-hybridized carbons (Fsp3) is 0.200. The minimum Gasteiger partial charge on any atom is -0.352 e. The van der Waals surface area contributed by atoms with Crippen LogP contribution in [0, 0.1) is 26.6 Å². The van der Waals surface area contributed by atoms with Gasteiger partial charge in [0.1, 0.15) is 11.5 Å².